The van der Waals surface area contributed by atoms with Gasteiger partial charge in [-0.3, -0.25) is 14.8 Å². The standard InChI is InChI=1S/C15H24N4O3S/c1-15(5-9-23(21,22)11-15)17-14(20)10-19-7-3-12(4-8-19)13-2-6-16-18-13/h2,6,12H,3-5,7-11H2,1H3,(H,16,18)(H,17,20). The Balaban J connectivity index is 1.46. The summed E-state index contributed by atoms with van der Waals surface area (Å²) in [5.74, 6) is 0.617. The van der Waals surface area contributed by atoms with Crippen molar-refractivity contribution >= 4 is 15.7 Å². The number of nitrogens with one attached hydrogen (secondary N) is 2. The molecule has 1 aromatic rings. The van der Waals surface area contributed by atoms with Crippen LogP contribution >= 0.6 is 0 Å². The Morgan fingerprint density at radius 1 is 1.48 bits per heavy atom. The number of piperidine rings is 1. The van der Waals surface area contributed by atoms with Crippen molar-refractivity contribution in [2.45, 2.75) is 37.6 Å². The minimum absolute atomic E-state index is 0.0492. The molecule has 7 nitrogen and oxygen atoms in total. The number of carbonyl (C=O) groups is 1. The summed E-state index contributed by atoms with van der Waals surface area (Å²) in [6.07, 6.45) is 4.27. The van der Waals surface area contributed by atoms with E-state index in [-0.39, 0.29) is 17.4 Å². The molecule has 3 heterocycles. The summed E-state index contributed by atoms with van der Waals surface area (Å²) in [6.45, 7) is 3.89. The van der Waals surface area contributed by atoms with Crippen LogP contribution in [0.2, 0.25) is 0 Å². The van der Waals surface area contributed by atoms with Gasteiger partial charge in [0.05, 0.1) is 23.6 Å². The summed E-state index contributed by atoms with van der Waals surface area (Å²) in [5, 5.41) is 9.93. The number of hydrogen-bond acceptors (Lipinski definition) is 5. The first-order chi connectivity index (χ1) is 10.9. The second-order valence-electron chi connectivity index (χ2n) is 7.01. The average molecular weight is 340 g/mol. The van der Waals surface area contributed by atoms with Crippen molar-refractivity contribution in [1.82, 2.24) is 20.4 Å². The second-order valence-corrected chi connectivity index (χ2v) is 9.20. The molecule has 3 rings (SSSR count). The van der Waals surface area contributed by atoms with Crippen LogP contribution < -0.4 is 5.32 Å². The molecule has 1 unspecified atom stereocenters. The zero-order valence-corrected chi connectivity index (χ0v) is 14.2. The Hall–Kier alpha value is -1.41. The van der Waals surface area contributed by atoms with E-state index in [2.05, 4.69) is 20.4 Å². The van der Waals surface area contributed by atoms with E-state index in [1.165, 1.54) is 0 Å². The molecular formula is C15H24N4O3S. The highest BCUT2D eigenvalue weighted by atomic mass is 32.2. The number of aromatic nitrogens is 2. The maximum atomic E-state index is 12.2. The van der Waals surface area contributed by atoms with Gasteiger partial charge in [-0.2, -0.15) is 5.10 Å². The van der Waals surface area contributed by atoms with E-state index < -0.39 is 15.4 Å². The van der Waals surface area contributed by atoms with Gasteiger partial charge in [-0.05, 0) is 45.3 Å². The van der Waals surface area contributed by atoms with Gasteiger partial charge in [0.2, 0.25) is 5.91 Å². The molecule has 0 radical (unpaired) electrons. The number of nitrogens with zero attached hydrogens (tertiary/aromatic N) is 2. The van der Waals surface area contributed by atoms with E-state index in [1.54, 1.807) is 6.20 Å². The van der Waals surface area contributed by atoms with Gasteiger partial charge in [-0.1, -0.05) is 0 Å². The maximum Gasteiger partial charge on any atom is 0.234 e. The van der Waals surface area contributed by atoms with Crippen molar-refractivity contribution in [3.63, 3.8) is 0 Å². The third kappa shape index (κ3) is 4.11. The molecule has 0 aromatic carbocycles. The average Bonchev–Trinajstić information content (AvgIpc) is 3.08. The van der Waals surface area contributed by atoms with Crippen molar-refractivity contribution in [1.29, 1.82) is 0 Å². The predicted octanol–water partition coefficient (Wildman–Crippen LogP) is 0.283. The van der Waals surface area contributed by atoms with Crippen LogP contribution in [0.25, 0.3) is 0 Å². The van der Waals surface area contributed by atoms with Crippen LogP contribution in [-0.4, -0.2) is 66.1 Å². The molecule has 1 atom stereocenters. The molecule has 2 saturated heterocycles. The minimum Gasteiger partial charge on any atom is -0.349 e. The number of amides is 1. The van der Waals surface area contributed by atoms with E-state index >= 15 is 0 Å². The molecule has 2 aliphatic heterocycles. The lowest BCUT2D eigenvalue weighted by molar-refractivity contribution is -0.124. The van der Waals surface area contributed by atoms with Crippen molar-refractivity contribution in [3.05, 3.63) is 18.0 Å². The zero-order valence-electron chi connectivity index (χ0n) is 13.4. The number of rotatable bonds is 4. The number of aromatic amines is 1. The second kappa shape index (κ2) is 6.24. The Labute approximate surface area is 136 Å². The van der Waals surface area contributed by atoms with Crippen molar-refractivity contribution < 1.29 is 13.2 Å². The van der Waals surface area contributed by atoms with Crippen LogP contribution in [0.1, 0.15) is 37.8 Å². The van der Waals surface area contributed by atoms with Crippen molar-refractivity contribution in [2.24, 2.45) is 0 Å². The molecule has 1 amide bonds. The van der Waals surface area contributed by atoms with Gasteiger partial charge in [0, 0.05) is 17.8 Å². The quantitative estimate of drug-likeness (QED) is 0.821. The first-order valence-corrected chi connectivity index (χ1v) is 9.90. The normalized spacial score (nSPS) is 28.7. The van der Waals surface area contributed by atoms with Gasteiger partial charge in [-0.15, -0.1) is 0 Å². The first-order valence-electron chi connectivity index (χ1n) is 8.08. The van der Waals surface area contributed by atoms with Crippen molar-refractivity contribution in [2.75, 3.05) is 31.1 Å². The fourth-order valence-corrected chi connectivity index (χ4v) is 5.68. The number of carbonyl (C=O) groups excluding carboxylic acids is 1. The highest BCUT2D eigenvalue weighted by Crippen LogP contribution is 2.26. The number of hydrogen-bond donors (Lipinski definition) is 2. The van der Waals surface area contributed by atoms with E-state index in [0.717, 1.165) is 31.6 Å². The van der Waals surface area contributed by atoms with E-state index in [1.807, 2.05) is 13.0 Å². The Kier molecular flexibility index (Phi) is 4.46. The topological polar surface area (TPSA) is 95.2 Å². The summed E-state index contributed by atoms with van der Waals surface area (Å²) >= 11 is 0. The molecule has 0 saturated carbocycles. The predicted molar refractivity (Wildman–Crippen MR) is 86.8 cm³/mol. The minimum atomic E-state index is -3.00. The smallest absolute Gasteiger partial charge is 0.234 e. The van der Waals surface area contributed by atoms with Crippen LogP contribution in [0.5, 0.6) is 0 Å². The molecule has 23 heavy (non-hydrogen) atoms. The Bertz CT molecular complexity index is 650. The molecule has 2 fully saturated rings. The van der Waals surface area contributed by atoms with Gasteiger partial charge in [0.1, 0.15) is 0 Å². The molecule has 0 aliphatic carbocycles. The van der Waals surface area contributed by atoms with Gasteiger partial charge in [0.15, 0.2) is 9.84 Å². The summed E-state index contributed by atoms with van der Waals surface area (Å²) < 4.78 is 23.2. The molecule has 2 aliphatic rings. The van der Waals surface area contributed by atoms with Crippen LogP contribution in [0.3, 0.4) is 0 Å². The summed E-state index contributed by atoms with van der Waals surface area (Å²) in [5.41, 5.74) is 0.558. The number of likely N-dealkylation sites (tertiary alicyclic amines) is 1. The molecule has 128 valence electrons. The molecule has 0 bridgehead atoms. The lowest BCUT2D eigenvalue weighted by Gasteiger charge is -2.32. The maximum absolute atomic E-state index is 12.2. The molecule has 1 aromatic heterocycles. The van der Waals surface area contributed by atoms with E-state index in [0.29, 0.717) is 18.9 Å². The monoisotopic (exact) mass is 340 g/mol. The summed E-state index contributed by atoms with van der Waals surface area (Å²) in [4.78, 5) is 14.4. The highest BCUT2D eigenvalue weighted by Gasteiger charge is 2.39. The zero-order chi connectivity index (χ0) is 16.5. The van der Waals surface area contributed by atoms with Crippen molar-refractivity contribution in [3.8, 4) is 0 Å². The Morgan fingerprint density at radius 3 is 2.78 bits per heavy atom. The summed E-state index contributed by atoms with van der Waals surface area (Å²) in [7, 11) is -3.00. The molecular weight excluding hydrogens is 316 g/mol. The van der Waals surface area contributed by atoms with Crippen LogP contribution in [0.4, 0.5) is 0 Å². The lowest BCUT2D eigenvalue weighted by Crippen LogP contribution is -2.51. The van der Waals surface area contributed by atoms with Crippen LogP contribution in [-0.2, 0) is 14.6 Å². The third-order valence-electron chi connectivity index (χ3n) is 4.86. The van der Waals surface area contributed by atoms with Gasteiger partial charge >= 0.3 is 0 Å². The molecule has 2 N–H and O–H groups in total. The molecule has 0 spiro atoms. The van der Waals surface area contributed by atoms with Gasteiger partial charge < -0.3 is 5.32 Å². The SMILES string of the molecule is CC1(NC(=O)CN2CCC(c3ccn[nH]3)CC2)CCS(=O)(=O)C1. The van der Waals surface area contributed by atoms with Gasteiger partial charge in [-0.25, -0.2) is 8.42 Å². The third-order valence-corrected chi connectivity index (χ3v) is 6.76. The van der Waals surface area contributed by atoms with E-state index in [4.69, 9.17) is 0 Å². The van der Waals surface area contributed by atoms with Crippen LogP contribution in [0.15, 0.2) is 12.3 Å². The number of sulfone groups is 1. The summed E-state index contributed by atoms with van der Waals surface area (Å²) in [6, 6.07) is 2.01. The Morgan fingerprint density at radius 2 is 2.22 bits per heavy atom. The number of H-pyrrole nitrogens is 1. The van der Waals surface area contributed by atoms with Crippen LogP contribution in [0, 0.1) is 0 Å². The van der Waals surface area contributed by atoms with E-state index in [9.17, 15) is 13.2 Å². The fourth-order valence-electron chi connectivity index (χ4n) is 3.58. The lowest BCUT2D eigenvalue weighted by atomic mass is 9.93. The largest absolute Gasteiger partial charge is 0.349 e. The molecule has 8 heteroatoms. The fraction of sp³-hybridized carbons (Fsp3) is 0.733. The highest BCUT2D eigenvalue weighted by molar-refractivity contribution is 7.91. The van der Waals surface area contributed by atoms with Gasteiger partial charge in [0.25, 0.3) is 0 Å². The first kappa shape index (κ1) is 16.4.